The average molecular weight is 677 g/mol. The molecule has 0 spiro atoms. The van der Waals surface area contributed by atoms with Crippen LogP contribution in [0.3, 0.4) is 0 Å². The highest BCUT2D eigenvalue weighted by Crippen LogP contribution is 2.44. The van der Waals surface area contributed by atoms with E-state index in [1.54, 1.807) is 37.5 Å². The summed E-state index contributed by atoms with van der Waals surface area (Å²) in [5.74, 6) is 1.87. The normalized spacial score (nSPS) is 17.4. The number of aromatic nitrogens is 6. The zero-order chi connectivity index (χ0) is 34.8. The second kappa shape index (κ2) is 11.9. The third-order valence-corrected chi connectivity index (χ3v) is 9.74. The second-order valence-corrected chi connectivity index (χ2v) is 14.4. The standard InChI is InChI=1S/C37H40N8O5/c1-36(2,3)50-35(48)41(4)37(14-15-37)23-42-18-13-25-19-24(9-10-27(25)42)20-29-38-21-26-32(39-29)45-30-12-11-28-33(40-30)43(31(46)22-49-28)16-7-5-6-8-17-44(45)34(26)47/h6,8-13,18-19,21H,5,7,14-17,20,22-23H2,1-4H3/b8-6-. The largest absolute Gasteiger partial charge is 0.480 e. The van der Waals surface area contributed by atoms with E-state index < -0.39 is 5.60 Å². The molecule has 1 aliphatic carbocycles. The first-order valence-corrected chi connectivity index (χ1v) is 17.1. The molecule has 0 unspecified atom stereocenters. The zero-order valence-electron chi connectivity index (χ0n) is 28.8. The molecule has 2 aliphatic heterocycles. The highest BCUT2D eigenvalue weighted by atomic mass is 16.6. The van der Waals surface area contributed by atoms with Crippen molar-refractivity contribution in [2.45, 2.75) is 77.1 Å². The molecule has 5 aromatic rings. The number of carbonyl (C=O) groups is 2. The first-order valence-electron chi connectivity index (χ1n) is 17.1. The van der Waals surface area contributed by atoms with Crippen molar-refractivity contribution in [1.82, 2.24) is 33.8 Å². The summed E-state index contributed by atoms with van der Waals surface area (Å²) < 4.78 is 16.9. The molecule has 0 N–H and O–H groups in total. The monoisotopic (exact) mass is 676 g/mol. The van der Waals surface area contributed by atoms with Crippen molar-refractivity contribution < 1.29 is 19.1 Å². The Morgan fingerprint density at radius 3 is 2.72 bits per heavy atom. The number of pyridine rings is 1. The van der Waals surface area contributed by atoms with Gasteiger partial charge < -0.3 is 18.9 Å². The van der Waals surface area contributed by atoms with E-state index in [0.29, 0.717) is 60.3 Å². The summed E-state index contributed by atoms with van der Waals surface area (Å²) in [5.41, 5.74) is 1.53. The van der Waals surface area contributed by atoms with Crippen LogP contribution in [-0.4, -0.2) is 77.1 Å². The molecule has 0 saturated heterocycles. The molecule has 2 bridgehead atoms. The van der Waals surface area contributed by atoms with Crippen molar-refractivity contribution in [3.05, 3.63) is 82.7 Å². The van der Waals surface area contributed by atoms with Crippen LogP contribution in [0.4, 0.5) is 10.6 Å². The van der Waals surface area contributed by atoms with Crippen molar-refractivity contribution in [3.8, 4) is 11.6 Å². The molecular formula is C37H40N8O5. The van der Waals surface area contributed by atoms with Crippen molar-refractivity contribution in [1.29, 1.82) is 0 Å². The average Bonchev–Trinajstić information content (AvgIpc) is 3.68. The van der Waals surface area contributed by atoms with Gasteiger partial charge in [0, 0.05) is 44.5 Å². The number of rotatable bonds is 5. The summed E-state index contributed by atoms with van der Waals surface area (Å²) in [4.78, 5) is 57.1. The lowest BCUT2D eigenvalue weighted by Crippen LogP contribution is -2.44. The molecular weight excluding hydrogens is 636 g/mol. The minimum Gasteiger partial charge on any atom is -0.480 e. The summed E-state index contributed by atoms with van der Waals surface area (Å²) in [7, 11) is 1.83. The van der Waals surface area contributed by atoms with Gasteiger partial charge >= 0.3 is 6.09 Å². The summed E-state index contributed by atoms with van der Waals surface area (Å²) in [6.07, 6.45) is 11.2. The van der Waals surface area contributed by atoms with Gasteiger partial charge in [-0.15, -0.1) is 0 Å². The fourth-order valence-electron chi connectivity index (χ4n) is 6.89. The summed E-state index contributed by atoms with van der Waals surface area (Å²) in [5, 5.41) is 1.47. The van der Waals surface area contributed by atoms with E-state index in [1.807, 2.05) is 40.0 Å². The quantitative estimate of drug-likeness (QED) is 0.238. The number of benzene rings is 1. The lowest BCUT2D eigenvalue weighted by Gasteiger charge is -2.31. The molecule has 258 valence electrons. The topological polar surface area (TPSA) is 130 Å². The third kappa shape index (κ3) is 5.69. The number of likely N-dealkylation sites (N-methyl/N-ethyl adjacent to an activating group) is 1. The summed E-state index contributed by atoms with van der Waals surface area (Å²) in [6.45, 7) is 7.17. The van der Waals surface area contributed by atoms with Gasteiger partial charge in [0.15, 0.2) is 29.6 Å². The molecule has 3 aliphatic rings. The Balaban J connectivity index is 1.10. The lowest BCUT2D eigenvalue weighted by atomic mass is 10.1. The Labute approximate surface area is 288 Å². The summed E-state index contributed by atoms with van der Waals surface area (Å²) in [6, 6.07) is 12.0. The Kier molecular flexibility index (Phi) is 7.53. The van der Waals surface area contributed by atoms with E-state index >= 15 is 0 Å². The Morgan fingerprint density at radius 1 is 1.08 bits per heavy atom. The van der Waals surface area contributed by atoms with Crippen LogP contribution in [0.5, 0.6) is 5.75 Å². The number of amides is 2. The second-order valence-electron chi connectivity index (χ2n) is 14.4. The molecule has 1 saturated carbocycles. The van der Waals surface area contributed by atoms with Crippen molar-refractivity contribution in [2.24, 2.45) is 0 Å². The number of nitrogens with zero attached hydrogens (tertiary/aromatic N) is 8. The summed E-state index contributed by atoms with van der Waals surface area (Å²) >= 11 is 0. The van der Waals surface area contributed by atoms with Crippen molar-refractivity contribution in [3.63, 3.8) is 0 Å². The van der Waals surface area contributed by atoms with Gasteiger partial charge in [0.2, 0.25) is 0 Å². The molecule has 1 aromatic carbocycles. The smallest absolute Gasteiger partial charge is 0.410 e. The highest BCUT2D eigenvalue weighted by molar-refractivity contribution is 5.96. The van der Waals surface area contributed by atoms with E-state index in [4.69, 9.17) is 19.4 Å². The van der Waals surface area contributed by atoms with Crippen LogP contribution >= 0.6 is 0 Å². The number of ether oxygens (including phenoxy) is 2. The van der Waals surface area contributed by atoms with Crippen LogP contribution in [0.15, 0.2) is 65.7 Å². The fraction of sp³-hybridized carbons (Fsp3) is 0.405. The van der Waals surface area contributed by atoms with Gasteiger partial charge in [-0.3, -0.25) is 14.5 Å². The predicted molar refractivity (Wildman–Crippen MR) is 188 cm³/mol. The van der Waals surface area contributed by atoms with Gasteiger partial charge in [0.25, 0.3) is 11.5 Å². The van der Waals surface area contributed by atoms with E-state index in [1.165, 1.54) is 0 Å². The molecule has 6 heterocycles. The van der Waals surface area contributed by atoms with Gasteiger partial charge in [-0.2, -0.15) is 0 Å². The van der Waals surface area contributed by atoms with Crippen LogP contribution in [0.1, 0.15) is 57.8 Å². The van der Waals surface area contributed by atoms with Gasteiger partial charge in [-0.25, -0.2) is 29.1 Å². The maximum atomic E-state index is 13.7. The first kappa shape index (κ1) is 31.8. The molecule has 13 heteroatoms. The van der Waals surface area contributed by atoms with Crippen LogP contribution < -0.4 is 15.2 Å². The number of hydrogen-bond donors (Lipinski definition) is 0. The predicted octanol–water partition coefficient (Wildman–Crippen LogP) is 5.00. The van der Waals surface area contributed by atoms with Crippen LogP contribution in [0.25, 0.3) is 27.8 Å². The number of carbonyl (C=O) groups excluding carboxylic acids is 2. The van der Waals surface area contributed by atoms with Crippen molar-refractivity contribution >= 4 is 39.8 Å². The molecule has 0 radical (unpaired) electrons. The Hall–Kier alpha value is -5.46. The molecule has 13 nitrogen and oxygen atoms in total. The van der Waals surface area contributed by atoms with Crippen LogP contribution in [0, 0.1) is 0 Å². The minimum absolute atomic E-state index is 0.0274. The van der Waals surface area contributed by atoms with E-state index in [2.05, 4.69) is 40.0 Å². The van der Waals surface area contributed by atoms with E-state index in [-0.39, 0.29) is 29.7 Å². The fourth-order valence-corrected chi connectivity index (χ4v) is 6.89. The zero-order valence-corrected chi connectivity index (χ0v) is 28.8. The number of hydrogen-bond acceptors (Lipinski definition) is 8. The SMILES string of the molecule is CN(C(=O)OC(C)(C)C)C1(Cn2ccc3cc(Cc4ncc5c(=O)n6n(c5n4)-c4ccc5c(n4)N(CCC/C=C\C6)C(=O)CO5)ccc32)CC1. The van der Waals surface area contributed by atoms with E-state index in [0.717, 1.165) is 42.1 Å². The molecule has 0 atom stereocenters. The Morgan fingerprint density at radius 2 is 1.92 bits per heavy atom. The van der Waals surface area contributed by atoms with Gasteiger partial charge in [-0.1, -0.05) is 18.2 Å². The molecule has 2 amide bonds. The molecule has 8 rings (SSSR count). The van der Waals surface area contributed by atoms with Crippen LogP contribution in [0.2, 0.25) is 0 Å². The first-order chi connectivity index (χ1) is 24.0. The van der Waals surface area contributed by atoms with Gasteiger partial charge in [0.05, 0.1) is 12.1 Å². The Bertz CT molecular complexity index is 2250. The lowest BCUT2D eigenvalue weighted by molar-refractivity contribution is -0.121. The van der Waals surface area contributed by atoms with Gasteiger partial charge in [-0.05, 0) is 87.7 Å². The van der Waals surface area contributed by atoms with Crippen LogP contribution in [-0.2, 0) is 29.0 Å². The molecule has 4 aromatic heterocycles. The number of anilines is 1. The maximum absolute atomic E-state index is 13.7. The maximum Gasteiger partial charge on any atom is 0.410 e. The number of allylic oxidation sites excluding steroid dienone is 2. The van der Waals surface area contributed by atoms with E-state index in [9.17, 15) is 14.4 Å². The minimum atomic E-state index is -0.548. The molecule has 1 fully saturated rings. The third-order valence-electron chi connectivity index (χ3n) is 9.74. The van der Waals surface area contributed by atoms with Gasteiger partial charge in [0.1, 0.15) is 16.8 Å². The number of fused-ring (bicyclic) bond motifs is 6. The molecule has 50 heavy (non-hydrogen) atoms. The van der Waals surface area contributed by atoms with Crippen molar-refractivity contribution in [2.75, 3.05) is 25.1 Å². The highest BCUT2D eigenvalue weighted by Gasteiger charge is 2.50.